The van der Waals surface area contributed by atoms with Gasteiger partial charge in [-0.2, -0.15) is 0 Å². The lowest BCUT2D eigenvalue weighted by Gasteiger charge is -2.24. The molecule has 0 rings (SSSR count). The van der Waals surface area contributed by atoms with Crippen LogP contribution in [0, 0.1) is 0 Å². The van der Waals surface area contributed by atoms with Crippen LogP contribution in [0.25, 0.3) is 0 Å². The third kappa shape index (κ3) is 11.5. The average molecular weight is 365 g/mol. The van der Waals surface area contributed by atoms with E-state index >= 15 is 0 Å². The highest BCUT2D eigenvalue weighted by Gasteiger charge is 2.36. The Balaban J connectivity index is 3.55. The standard InChI is InChI=1S/C16H40N4O3Si/c1-5-16(15-19-10-6-9-17)20-13-7-11-18-12-8-14-24(21-2,22-3)23-4/h16,18-20H,5-15,17H2,1-4H3. The van der Waals surface area contributed by atoms with E-state index in [-0.39, 0.29) is 0 Å². The summed E-state index contributed by atoms with van der Waals surface area (Å²) in [5.41, 5.74) is 5.49. The van der Waals surface area contributed by atoms with E-state index in [0.29, 0.717) is 6.04 Å². The molecule has 0 aromatic heterocycles. The Morgan fingerprint density at radius 1 is 0.875 bits per heavy atom. The van der Waals surface area contributed by atoms with Crippen LogP contribution in [0.5, 0.6) is 0 Å². The van der Waals surface area contributed by atoms with Crippen molar-refractivity contribution in [3.8, 4) is 0 Å². The molecule has 0 aliphatic carbocycles. The lowest BCUT2D eigenvalue weighted by Crippen LogP contribution is -2.43. The molecular formula is C16H40N4O3Si. The molecule has 8 heteroatoms. The first kappa shape index (κ1) is 23.9. The van der Waals surface area contributed by atoms with Crippen molar-refractivity contribution in [2.75, 3.05) is 60.6 Å². The van der Waals surface area contributed by atoms with E-state index in [9.17, 15) is 0 Å². The number of hydrogen-bond donors (Lipinski definition) is 4. The molecule has 0 aromatic rings. The normalized spacial score (nSPS) is 13.4. The van der Waals surface area contributed by atoms with Crippen LogP contribution >= 0.6 is 0 Å². The van der Waals surface area contributed by atoms with Crippen molar-refractivity contribution in [2.45, 2.75) is 44.7 Å². The summed E-state index contributed by atoms with van der Waals surface area (Å²) < 4.78 is 16.2. The van der Waals surface area contributed by atoms with E-state index < -0.39 is 8.80 Å². The Morgan fingerprint density at radius 2 is 1.50 bits per heavy atom. The van der Waals surface area contributed by atoms with Crippen molar-refractivity contribution in [1.29, 1.82) is 0 Å². The monoisotopic (exact) mass is 364 g/mol. The lowest BCUT2D eigenvalue weighted by molar-refractivity contribution is 0.123. The summed E-state index contributed by atoms with van der Waals surface area (Å²) in [4.78, 5) is 0. The highest BCUT2D eigenvalue weighted by molar-refractivity contribution is 6.60. The molecule has 24 heavy (non-hydrogen) atoms. The fraction of sp³-hybridized carbons (Fsp3) is 1.00. The number of hydrogen-bond acceptors (Lipinski definition) is 7. The van der Waals surface area contributed by atoms with Crippen molar-refractivity contribution < 1.29 is 13.3 Å². The Kier molecular flexibility index (Phi) is 16.4. The second kappa shape index (κ2) is 16.4. The van der Waals surface area contributed by atoms with Crippen molar-refractivity contribution in [2.24, 2.45) is 5.73 Å². The van der Waals surface area contributed by atoms with E-state index in [1.165, 1.54) is 0 Å². The molecule has 0 fully saturated rings. The topological polar surface area (TPSA) is 89.8 Å². The molecule has 0 saturated carbocycles. The van der Waals surface area contributed by atoms with Gasteiger partial charge >= 0.3 is 8.80 Å². The fourth-order valence-electron chi connectivity index (χ4n) is 2.49. The molecule has 0 heterocycles. The van der Waals surface area contributed by atoms with E-state index in [4.69, 9.17) is 19.0 Å². The molecule has 0 aliphatic heterocycles. The van der Waals surface area contributed by atoms with Gasteiger partial charge in [-0.05, 0) is 58.4 Å². The first-order valence-electron chi connectivity index (χ1n) is 9.18. The van der Waals surface area contributed by atoms with Gasteiger partial charge in [0.2, 0.25) is 0 Å². The second-order valence-corrected chi connectivity index (χ2v) is 9.00. The summed E-state index contributed by atoms with van der Waals surface area (Å²) in [6, 6.07) is 1.38. The quantitative estimate of drug-likeness (QED) is 0.208. The SMILES string of the molecule is CCC(CNCCCN)NCCCNCCC[Si](OC)(OC)OC. The summed E-state index contributed by atoms with van der Waals surface area (Å²) in [7, 11) is 2.58. The van der Waals surface area contributed by atoms with Gasteiger partial charge in [0.25, 0.3) is 0 Å². The molecule has 0 radical (unpaired) electrons. The molecule has 0 aliphatic rings. The molecule has 0 aromatic carbocycles. The fourth-order valence-corrected chi connectivity index (χ4v) is 4.22. The van der Waals surface area contributed by atoms with Crippen LogP contribution in [0.3, 0.4) is 0 Å². The lowest BCUT2D eigenvalue weighted by atomic mass is 10.2. The van der Waals surface area contributed by atoms with Gasteiger partial charge in [-0.25, -0.2) is 0 Å². The van der Waals surface area contributed by atoms with Gasteiger partial charge in [-0.1, -0.05) is 6.92 Å². The van der Waals surface area contributed by atoms with Gasteiger partial charge in [-0.3, -0.25) is 0 Å². The number of nitrogens with one attached hydrogen (secondary N) is 3. The molecule has 7 nitrogen and oxygen atoms in total. The Hall–Kier alpha value is -0.0631. The van der Waals surface area contributed by atoms with Crippen LogP contribution < -0.4 is 21.7 Å². The molecule has 5 N–H and O–H groups in total. The summed E-state index contributed by atoms with van der Waals surface area (Å²) in [6.07, 6.45) is 4.30. The molecule has 0 saturated heterocycles. The number of nitrogens with two attached hydrogens (primary N) is 1. The van der Waals surface area contributed by atoms with Crippen LogP contribution in [0.15, 0.2) is 0 Å². The Morgan fingerprint density at radius 3 is 2.08 bits per heavy atom. The minimum Gasteiger partial charge on any atom is -0.377 e. The summed E-state index contributed by atoms with van der Waals surface area (Å²) >= 11 is 0. The minimum absolute atomic E-state index is 0.541. The van der Waals surface area contributed by atoms with Crippen LogP contribution in [0.1, 0.15) is 32.6 Å². The first-order chi connectivity index (χ1) is 11.7. The van der Waals surface area contributed by atoms with E-state index in [1.807, 2.05) is 0 Å². The maximum absolute atomic E-state index is 5.49. The Labute approximate surface area is 149 Å². The average Bonchev–Trinajstić information content (AvgIpc) is 2.62. The van der Waals surface area contributed by atoms with Crippen LogP contribution in [-0.4, -0.2) is 75.4 Å². The third-order valence-corrected chi connectivity index (χ3v) is 7.01. The highest BCUT2D eigenvalue weighted by atomic mass is 28.4. The number of rotatable bonds is 18. The molecule has 1 unspecified atom stereocenters. The molecule has 0 spiro atoms. The molecule has 0 amide bonds. The molecular weight excluding hydrogens is 324 g/mol. The van der Waals surface area contributed by atoms with Crippen LogP contribution in [-0.2, 0) is 13.3 Å². The largest absolute Gasteiger partial charge is 0.500 e. The zero-order valence-electron chi connectivity index (χ0n) is 16.2. The minimum atomic E-state index is -2.40. The van der Waals surface area contributed by atoms with Crippen molar-refractivity contribution in [3.63, 3.8) is 0 Å². The van der Waals surface area contributed by atoms with Gasteiger partial charge in [0.1, 0.15) is 0 Å². The first-order valence-corrected chi connectivity index (χ1v) is 11.1. The van der Waals surface area contributed by atoms with Crippen molar-refractivity contribution in [3.05, 3.63) is 0 Å². The maximum Gasteiger partial charge on any atom is 0.500 e. The zero-order valence-corrected chi connectivity index (χ0v) is 17.2. The van der Waals surface area contributed by atoms with Gasteiger partial charge in [0, 0.05) is 40.0 Å². The summed E-state index contributed by atoms with van der Waals surface area (Å²) in [5, 5.41) is 10.5. The summed E-state index contributed by atoms with van der Waals surface area (Å²) in [5.74, 6) is 0. The van der Waals surface area contributed by atoms with E-state index in [1.54, 1.807) is 21.3 Å². The zero-order chi connectivity index (χ0) is 18.1. The molecule has 1 atom stereocenters. The van der Waals surface area contributed by atoms with E-state index in [0.717, 1.165) is 71.0 Å². The van der Waals surface area contributed by atoms with Crippen LogP contribution in [0.4, 0.5) is 0 Å². The van der Waals surface area contributed by atoms with E-state index in [2.05, 4.69) is 22.9 Å². The van der Waals surface area contributed by atoms with Crippen molar-refractivity contribution >= 4 is 8.80 Å². The predicted molar refractivity (Wildman–Crippen MR) is 102 cm³/mol. The Bertz CT molecular complexity index is 263. The van der Waals surface area contributed by atoms with Gasteiger partial charge in [-0.15, -0.1) is 0 Å². The smallest absolute Gasteiger partial charge is 0.377 e. The predicted octanol–water partition coefficient (Wildman–Crippen LogP) is 0.541. The van der Waals surface area contributed by atoms with Crippen LogP contribution in [0.2, 0.25) is 6.04 Å². The highest BCUT2D eigenvalue weighted by Crippen LogP contribution is 2.14. The maximum atomic E-state index is 5.49. The molecule has 146 valence electrons. The van der Waals surface area contributed by atoms with Crippen molar-refractivity contribution in [1.82, 2.24) is 16.0 Å². The molecule has 0 bridgehead atoms. The van der Waals surface area contributed by atoms with Gasteiger partial charge in [0.05, 0.1) is 0 Å². The second-order valence-electron chi connectivity index (χ2n) is 5.91. The third-order valence-electron chi connectivity index (χ3n) is 4.17. The summed E-state index contributed by atoms with van der Waals surface area (Å²) in [6.45, 7) is 8.02. The van der Waals surface area contributed by atoms with Gasteiger partial charge in [0.15, 0.2) is 0 Å². The van der Waals surface area contributed by atoms with Gasteiger partial charge < -0.3 is 35.0 Å².